The second kappa shape index (κ2) is 3.24. The quantitative estimate of drug-likeness (QED) is 0.531. The first-order valence-corrected chi connectivity index (χ1v) is 4.87. The number of hydrogen-bond donors (Lipinski definition) is 2. The fourth-order valence-corrected chi connectivity index (χ4v) is 1.37. The molecule has 1 aromatic rings. The van der Waals surface area contributed by atoms with Gasteiger partial charge in [-0.1, -0.05) is 0 Å². The van der Waals surface area contributed by atoms with Gasteiger partial charge in [-0.2, -0.15) is 0 Å². The van der Waals surface area contributed by atoms with Crippen LogP contribution in [0.2, 0.25) is 0 Å². The molecule has 8 heteroatoms. The summed E-state index contributed by atoms with van der Waals surface area (Å²) in [4.78, 5) is 9.04. The number of primary sulfonamides is 1. The van der Waals surface area contributed by atoms with Gasteiger partial charge in [0, 0.05) is 12.1 Å². The summed E-state index contributed by atoms with van der Waals surface area (Å²) in [5.74, 6) is -0.735. The lowest BCUT2D eigenvalue weighted by atomic mass is 10.3. The van der Waals surface area contributed by atoms with Gasteiger partial charge in [0.05, 0.1) is 9.82 Å². The zero-order chi connectivity index (χ0) is 10.9. The lowest BCUT2D eigenvalue weighted by Crippen LogP contribution is -2.11. The molecule has 0 radical (unpaired) electrons. The smallest absolute Gasteiger partial charge is 0.310 e. The SMILES string of the molecule is NS(=O)(=O)c1ccc([N+](=O)[O-])c(O)c1. The predicted molar refractivity (Wildman–Crippen MR) is 46.1 cm³/mol. The van der Waals surface area contributed by atoms with Gasteiger partial charge in [0.25, 0.3) is 0 Å². The number of rotatable bonds is 2. The molecule has 7 nitrogen and oxygen atoms in total. The molecule has 3 N–H and O–H groups in total. The minimum atomic E-state index is -3.95. The largest absolute Gasteiger partial charge is 0.502 e. The van der Waals surface area contributed by atoms with Crippen LogP contribution in [0.4, 0.5) is 5.69 Å². The highest BCUT2D eigenvalue weighted by Gasteiger charge is 2.16. The number of phenolic OH excluding ortho intramolecular Hbond substituents is 1. The van der Waals surface area contributed by atoms with Gasteiger partial charge in [-0.3, -0.25) is 10.1 Å². The number of nitrogens with two attached hydrogens (primary N) is 1. The molecule has 0 saturated carbocycles. The van der Waals surface area contributed by atoms with E-state index in [1.54, 1.807) is 0 Å². The molecule has 0 saturated heterocycles. The maximum atomic E-state index is 10.8. The van der Waals surface area contributed by atoms with Crippen molar-refractivity contribution in [3.05, 3.63) is 28.3 Å². The Morgan fingerprint density at radius 3 is 2.36 bits per heavy atom. The Bertz CT molecular complexity index is 481. The fraction of sp³-hybridized carbons (Fsp3) is 0. The maximum Gasteiger partial charge on any atom is 0.310 e. The van der Waals surface area contributed by atoms with E-state index in [-0.39, 0.29) is 4.90 Å². The summed E-state index contributed by atoms with van der Waals surface area (Å²) in [5, 5.41) is 24.1. The molecule has 0 aliphatic heterocycles. The van der Waals surface area contributed by atoms with E-state index in [0.29, 0.717) is 0 Å². The van der Waals surface area contributed by atoms with E-state index in [0.717, 1.165) is 18.2 Å². The van der Waals surface area contributed by atoms with Crippen LogP contribution < -0.4 is 5.14 Å². The number of sulfonamides is 1. The summed E-state index contributed by atoms with van der Waals surface area (Å²) in [5.41, 5.74) is -0.572. The monoisotopic (exact) mass is 218 g/mol. The normalized spacial score (nSPS) is 11.2. The molecule has 0 aromatic heterocycles. The molecule has 76 valence electrons. The Kier molecular flexibility index (Phi) is 2.41. The molecule has 0 amide bonds. The molecule has 0 bridgehead atoms. The molecule has 0 spiro atoms. The first-order valence-electron chi connectivity index (χ1n) is 3.32. The van der Waals surface area contributed by atoms with E-state index in [2.05, 4.69) is 0 Å². The molecule has 0 heterocycles. The van der Waals surface area contributed by atoms with Crippen molar-refractivity contribution in [1.82, 2.24) is 0 Å². The highest BCUT2D eigenvalue weighted by atomic mass is 32.2. The maximum absolute atomic E-state index is 10.8. The average Bonchev–Trinajstić information content (AvgIpc) is 2.01. The van der Waals surface area contributed by atoms with E-state index in [4.69, 9.17) is 10.2 Å². The lowest BCUT2D eigenvalue weighted by Gasteiger charge is -1.99. The third kappa shape index (κ3) is 1.98. The van der Waals surface area contributed by atoms with Crippen LogP contribution in [0.1, 0.15) is 0 Å². The molecular formula is C6H6N2O5S. The summed E-state index contributed by atoms with van der Waals surface area (Å²) >= 11 is 0. The van der Waals surface area contributed by atoms with E-state index < -0.39 is 26.4 Å². The minimum absolute atomic E-state index is 0.374. The third-order valence-electron chi connectivity index (χ3n) is 1.47. The molecule has 0 aliphatic rings. The van der Waals surface area contributed by atoms with Crippen LogP contribution in [0.15, 0.2) is 23.1 Å². The Hall–Kier alpha value is -1.67. The zero-order valence-electron chi connectivity index (χ0n) is 6.75. The zero-order valence-corrected chi connectivity index (χ0v) is 7.56. The van der Waals surface area contributed by atoms with Crippen molar-refractivity contribution in [2.75, 3.05) is 0 Å². The van der Waals surface area contributed by atoms with Crippen molar-refractivity contribution < 1.29 is 18.4 Å². The van der Waals surface area contributed by atoms with E-state index in [1.807, 2.05) is 0 Å². The van der Waals surface area contributed by atoms with Crippen LogP contribution in [0, 0.1) is 10.1 Å². The van der Waals surface area contributed by atoms with Crippen molar-refractivity contribution in [1.29, 1.82) is 0 Å². The first-order chi connectivity index (χ1) is 6.32. The molecule has 0 unspecified atom stereocenters. The number of benzene rings is 1. The Morgan fingerprint density at radius 1 is 1.43 bits per heavy atom. The Labute approximate surface area is 79.0 Å². The van der Waals surface area contributed by atoms with Gasteiger partial charge in [0.15, 0.2) is 5.75 Å². The van der Waals surface area contributed by atoms with Gasteiger partial charge >= 0.3 is 5.69 Å². The number of nitro groups is 1. The summed E-state index contributed by atoms with van der Waals surface area (Å²) in [6, 6.07) is 2.55. The number of phenols is 1. The Morgan fingerprint density at radius 2 is 2.00 bits per heavy atom. The molecule has 1 aromatic carbocycles. The third-order valence-corrected chi connectivity index (χ3v) is 2.38. The molecule has 14 heavy (non-hydrogen) atoms. The lowest BCUT2D eigenvalue weighted by molar-refractivity contribution is -0.385. The number of nitrogens with zero attached hydrogens (tertiary/aromatic N) is 1. The number of nitro benzene ring substituents is 1. The van der Waals surface area contributed by atoms with Crippen molar-refractivity contribution in [2.45, 2.75) is 4.90 Å². The van der Waals surface area contributed by atoms with Crippen LogP contribution in [-0.2, 0) is 10.0 Å². The van der Waals surface area contributed by atoms with Crippen LogP contribution in [0.5, 0.6) is 5.75 Å². The van der Waals surface area contributed by atoms with Gasteiger partial charge in [-0.05, 0) is 6.07 Å². The molecule has 0 aliphatic carbocycles. The number of hydrogen-bond acceptors (Lipinski definition) is 5. The van der Waals surface area contributed by atoms with Crippen molar-refractivity contribution >= 4 is 15.7 Å². The van der Waals surface area contributed by atoms with Crippen molar-refractivity contribution in [2.24, 2.45) is 5.14 Å². The minimum Gasteiger partial charge on any atom is -0.502 e. The van der Waals surface area contributed by atoms with Crippen molar-refractivity contribution in [3.63, 3.8) is 0 Å². The average molecular weight is 218 g/mol. The number of aromatic hydroxyl groups is 1. The van der Waals surface area contributed by atoms with E-state index in [1.165, 1.54) is 0 Å². The van der Waals surface area contributed by atoms with E-state index >= 15 is 0 Å². The highest BCUT2D eigenvalue weighted by molar-refractivity contribution is 7.89. The van der Waals surface area contributed by atoms with Gasteiger partial charge < -0.3 is 5.11 Å². The second-order valence-corrected chi connectivity index (χ2v) is 4.01. The van der Waals surface area contributed by atoms with Gasteiger partial charge in [-0.15, -0.1) is 0 Å². The van der Waals surface area contributed by atoms with Gasteiger partial charge in [-0.25, -0.2) is 13.6 Å². The fourth-order valence-electron chi connectivity index (χ4n) is 0.835. The van der Waals surface area contributed by atoms with Crippen molar-refractivity contribution in [3.8, 4) is 5.75 Å². The Balaban J connectivity index is 3.34. The summed E-state index contributed by atoms with van der Waals surface area (Å²) in [6.07, 6.45) is 0. The molecule has 1 rings (SSSR count). The molecule has 0 atom stereocenters. The standard InChI is InChI=1S/C6H6N2O5S/c7-14(12,13)4-1-2-5(8(10)11)6(9)3-4/h1-3,9H,(H2,7,12,13). The topological polar surface area (TPSA) is 124 Å². The first kappa shape index (κ1) is 10.4. The summed E-state index contributed by atoms with van der Waals surface area (Å²) in [6.45, 7) is 0. The van der Waals surface area contributed by atoms with Crippen LogP contribution in [0.3, 0.4) is 0 Å². The van der Waals surface area contributed by atoms with E-state index in [9.17, 15) is 18.5 Å². The summed E-state index contributed by atoms with van der Waals surface area (Å²) < 4.78 is 21.5. The molecular weight excluding hydrogens is 212 g/mol. The van der Waals surface area contributed by atoms with Gasteiger partial charge in [0.1, 0.15) is 0 Å². The summed E-state index contributed by atoms with van der Waals surface area (Å²) in [7, 11) is -3.95. The van der Waals surface area contributed by atoms with Crippen LogP contribution >= 0.6 is 0 Å². The van der Waals surface area contributed by atoms with Crippen LogP contribution in [0.25, 0.3) is 0 Å². The predicted octanol–water partition coefficient (Wildman–Crippen LogP) is -0.0522. The van der Waals surface area contributed by atoms with Crippen LogP contribution in [-0.4, -0.2) is 18.4 Å². The highest BCUT2D eigenvalue weighted by Crippen LogP contribution is 2.27. The second-order valence-electron chi connectivity index (χ2n) is 2.45. The molecule has 0 fully saturated rings. The van der Waals surface area contributed by atoms with Gasteiger partial charge in [0.2, 0.25) is 10.0 Å².